The molecule has 0 aromatic rings. The van der Waals surface area contributed by atoms with E-state index < -0.39 is 5.97 Å². The van der Waals surface area contributed by atoms with Crippen molar-refractivity contribution >= 4 is 5.97 Å². The molecule has 2 nitrogen and oxygen atoms in total. The topological polar surface area (TPSA) is 37.3 Å². The molecule has 2 aliphatic rings. The van der Waals surface area contributed by atoms with Crippen molar-refractivity contribution in [2.24, 2.45) is 17.3 Å². The van der Waals surface area contributed by atoms with Gasteiger partial charge in [-0.15, -0.1) is 0 Å². The van der Waals surface area contributed by atoms with Crippen LogP contribution in [0.1, 0.15) is 64.7 Å². The zero-order valence-electron chi connectivity index (χ0n) is 10.4. The van der Waals surface area contributed by atoms with Crippen LogP contribution in [0.2, 0.25) is 0 Å². The Morgan fingerprint density at radius 3 is 2.25 bits per heavy atom. The van der Waals surface area contributed by atoms with Crippen LogP contribution in [0.25, 0.3) is 0 Å². The first-order chi connectivity index (χ1) is 7.68. The van der Waals surface area contributed by atoms with Gasteiger partial charge in [-0.2, -0.15) is 0 Å². The van der Waals surface area contributed by atoms with Crippen LogP contribution in [0.3, 0.4) is 0 Å². The Bertz CT molecular complexity index is 255. The number of hydrogen-bond acceptors (Lipinski definition) is 1. The highest BCUT2D eigenvalue weighted by Gasteiger charge is 2.50. The normalized spacial score (nSPS) is 37.2. The Morgan fingerprint density at radius 1 is 1.06 bits per heavy atom. The highest BCUT2D eigenvalue weighted by atomic mass is 16.4. The molecule has 2 heteroatoms. The lowest BCUT2D eigenvalue weighted by Crippen LogP contribution is -2.46. The summed E-state index contributed by atoms with van der Waals surface area (Å²) in [4.78, 5) is 11.8. The minimum Gasteiger partial charge on any atom is -0.481 e. The lowest BCUT2D eigenvalue weighted by molar-refractivity contribution is -0.161. The van der Waals surface area contributed by atoms with Crippen LogP contribution in [-0.4, -0.2) is 11.1 Å². The lowest BCUT2D eigenvalue weighted by atomic mass is 9.57. The monoisotopic (exact) mass is 224 g/mol. The molecule has 2 saturated carbocycles. The van der Waals surface area contributed by atoms with Crippen LogP contribution in [-0.2, 0) is 4.79 Å². The summed E-state index contributed by atoms with van der Waals surface area (Å²) in [6, 6.07) is 0. The van der Waals surface area contributed by atoms with Crippen LogP contribution in [0, 0.1) is 17.3 Å². The van der Waals surface area contributed by atoms with Crippen molar-refractivity contribution in [3.05, 3.63) is 0 Å². The standard InChI is InChI=1S/C14H24O2/c1-11-7-5-6-10-14(11,13(15)16)12-8-3-2-4-9-12/h11-12H,2-10H2,1H3,(H,15,16). The molecule has 2 atom stereocenters. The van der Waals surface area contributed by atoms with E-state index in [1.807, 2.05) is 0 Å². The predicted molar refractivity (Wildman–Crippen MR) is 64.3 cm³/mol. The van der Waals surface area contributed by atoms with Crippen molar-refractivity contribution in [1.29, 1.82) is 0 Å². The van der Waals surface area contributed by atoms with E-state index in [1.165, 1.54) is 25.7 Å². The minimum absolute atomic E-state index is 0.376. The van der Waals surface area contributed by atoms with E-state index in [9.17, 15) is 9.90 Å². The smallest absolute Gasteiger partial charge is 0.310 e. The van der Waals surface area contributed by atoms with E-state index in [0.29, 0.717) is 11.8 Å². The molecule has 0 heterocycles. The average molecular weight is 224 g/mol. The number of hydrogen-bond donors (Lipinski definition) is 1. The van der Waals surface area contributed by atoms with E-state index in [0.717, 1.165) is 32.1 Å². The predicted octanol–water partition coefficient (Wildman–Crippen LogP) is 3.85. The molecule has 2 rings (SSSR count). The minimum atomic E-state index is -0.508. The van der Waals surface area contributed by atoms with E-state index in [1.54, 1.807) is 0 Å². The van der Waals surface area contributed by atoms with Gasteiger partial charge in [-0.05, 0) is 37.5 Å². The summed E-state index contributed by atoms with van der Waals surface area (Å²) in [7, 11) is 0. The second kappa shape index (κ2) is 4.77. The summed E-state index contributed by atoms with van der Waals surface area (Å²) >= 11 is 0. The van der Waals surface area contributed by atoms with Crippen LogP contribution in [0.15, 0.2) is 0 Å². The average Bonchev–Trinajstić information content (AvgIpc) is 2.30. The number of carboxylic acid groups (broad SMARTS) is 1. The van der Waals surface area contributed by atoms with Gasteiger partial charge in [0.1, 0.15) is 0 Å². The van der Waals surface area contributed by atoms with Crippen LogP contribution in [0.4, 0.5) is 0 Å². The van der Waals surface area contributed by atoms with Gasteiger partial charge in [0.15, 0.2) is 0 Å². The second-order valence-electron chi connectivity index (χ2n) is 5.83. The fourth-order valence-corrected chi connectivity index (χ4v) is 4.09. The molecule has 2 unspecified atom stereocenters. The first kappa shape index (κ1) is 11.9. The summed E-state index contributed by atoms with van der Waals surface area (Å²) in [6.07, 6.45) is 10.5. The molecule has 1 N–H and O–H groups in total. The maximum Gasteiger partial charge on any atom is 0.310 e. The third-order valence-electron chi connectivity index (χ3n) is 5.09. The van der Waals surface area contributed by atoms with Crippen LogP contribution < -0.4 is 0 Å². The first-order valence-electron chi connectivity index (χ1n) is 6.91. The molecule has 16 heavy (non-hydrogen) atoms. The van der Waals surface area contributed by atoms with Gasteiger partial charge in [0.25, 0.3) is 0 Å². The molecular weight excluding hydrogens is 200 g/mol. The highest BCUT2D eigenvalue weighted by Crippen LogP contribution is 2.51. The van der Waals surface area contributed by atoms with Crippen LogP contribution >= 0.6 is 0 Å². The largest absolute Gasteiger partial charge is 0.481 e. The van der Waals surface area contributed by atoms with Gasteiger partial charge in [-0.1, -0.05) is 39.0 Å². The van der Waals surface area contributed by atoms with Gasteiger partial charge in [0, 0.05) is 0 Å². The summed E-state index contributed by atoms with van der Waals surface area (Å²) in [5, 5.41) is 9.71. The van der Waals surface area contributed by atoms with Gasteiger partial charge < -0.3 is 5.11 Å². The zero-order chi connectivity index (χ0) is 11.6. The molecule has 0 aliphatic heterocycles. The Balaban J connectivity index is 2.22. The molecule has 0 aromatic heterocycles. The Morgan fingerprint density at radius 2 is 1.69 bits per heavy atom. The summed E-state index contributed by atoms with van der Waals surface area (Å²) in [6.45, 7) is 2.17. The molecule has 0 spiro atoms. The van der Waals surface area contributed by atoms with Crippen LogP contribution in [0.5, 0.6) is 0 Å². The Hall–Kier alpha value is -0.530. The second-order valence-corrected chi connectivity index (χ2v) is 5.83. The quantitative estimate of drug-likeness (QED) is 0.773. The Labute approximate surface area is 98.4 Å². The third-order valence-corrected chi connectivity index (χ3v) is 5.09. The maximum atomic E-state index is 11.8. The zero-order valence-corrected chi connectivity index (χ0v) is 10.4. The van der Waals surface area contributed by atoms with Gasteiger partial charge in [0.05, 0.1) is 5.41 Å². The highest BCUT2D eigenvalue weighted by molar-refractivity contribution is 5.75. The fourth-order valence-electron chi connectivity index (χ4n) is 4.09. The summed E-state index contributed by atoms with van der Waals surface area (Å²) < 4.78 is 0. The number of carbonyl (C=O) groups is 1. The summed E-state index contributed by atoms with van der Waals surface area (Å²) in [5.41, 5.74) is -0.376. The summed E-state index contributed by atoms with van der Waals surface area (Å²) in [5.74, 6) is 0.322. The van der Waals surface area contributed by atoms with Crippen molar-refractivity contribution in [2.45, 2.75) is 64.7 Å². The first-order valence-corrected chi connectivity index (χ1v) is 6.91. The number of aliphatic carboxylic acids is 1. The number of rotatable bonds is 2. The van der Waals surface area contributed by atoms with E-state index in [2.05, 4.69) is 6.92 Å². The van der Waals surface area contributed by atoms with E-state index in [4.69, 9.17) is 0 Å². The SMILES string of the molecule is CC1CCCCC1(C(=O)O)C1CCCCC1. The van der Waals surface area contributed by atoms with E-state index >= 15 is 0 Å². The molecule has 0 bridgehead atoms. The Kier molecular flexibility index (Phi) is 3.56. The maximum absolute atomic E-state index is 11.8. The molecule has 2 aliphatic carbocycles. The van der Waals surface area contributed by atoms with Gasteiger partial charge >= 0.3 is 5.97 Å². The number of carboxylic acids is 1. The van der Waals surface area contributed by atoms with Gasteiger partial charge in [-0.25, -0.2) is 0 Å². The fraction of sp³-hybridized carbons (Fsp3) is 0.929. The van der Waals surface area contributed by atoms with Gasteiger partial charge in [0.2, 0.25) is 0 Å². The molecule has 0 saturated heterocycles. The molecule has 0 radical (unpaired) electrons. The molecule has 0 amide bonds. The van der Waals surface area contributed by atoms with Crippen molar-refractivity contribution in [3.63, 3.8) is 0 Å². The molecule has 0 aromatic carbocycles. The van der Waals surface area contributed by atoms with E-state index in [-0.39, 0.29) is 5.41 Å². The molecular formula is C14H24O2. The lowest BCUT2D eigenvalue weighted by Gasteiger charge is -2.46. The van der Waals surface area contributed by atoms with Crippen molar-refractivity contribution in [1.82, 2.24) is 0 Å². The molecule has 2 fully saturated rings. The third kappa shape index (κ3) is 1.87. The van der Waals surface area contributed by atoms with Crippen molar-refractivity contribution < 1.29 is 9.90 Å². The van der Waals surface area contributed by atoms with Crippen molar-refractivity contribution in [2.75, 3.05) is 0 Å². The van der Waals surface area contributed by atoms with Gasteiger partial charge in [-0.3, -0.25) is 4.79 Å². The molecule has 92 valence electrons. The van der Waals surface area contributed by atoms with Crippen molar-refractivity contribution in [3.8, 4) is 0 Å².